The fourth-order valence-electron chi connectivity index (χ4n) is 4.44. The number of hydrogen-bond donors (Lipinski definition) is 2. The lowest BCUT2D eigenvalue weighted by molar-refractivity contribution is 0.404. The maximum Gasteiger partial charge on any atom is 0.332 e. The van der Waals surface area contributed by atoms with Gasteiger partial charge in [-0.3, -0.25) is 9.13 Å². The molecule has 142 valence electrons. The minimum Gasteiger partial charge on any atom is -0.493 e. The second-order valence-corrected chi connectivity index (χ2v) is 7.48. The fraction of sp³-hybridized carbons (Fsp3) is 0.261. The number of imidazole rings is 1. The molecule has 1 aliphatic rings. The van der Waals surface area contributed by atoms with Crippen molar-refractivity contribution in [2.24, 2.45) is 0 Å². The van der Waals surface area contributed by atoms with Crippen molar-refractivity contribution in [1.82, 2.24) is 14.1 Å². The molecule has 1 aliphatic heterocycles. The zero-order chi connectivity index (χ0) is 19.3. The number of rotatable bonds is 4. The number of hydrogen-bond acceptors (Lipinski definition) is 2. The summed E-state index contributed by atoms with van der Waals surface area (Å²) in [6, 6.07) is 18.0. The van der Waals surface area contributed by atoms with Gasteiger partial charge in [-0.15, -0.1) is 0 Å². The van der Waals surface area contributed by atoms with Crippen LogP contribution in [0.15, 0.2) is 59.4 Å². The number of fused-ring (bicyclic) bond motifs is 4. The lowest BCUT2D eigenvalue weighted by atomic mass is 9.93. The second-order valence-electron chi connectivity index (χ2n) is 7.48. The van der Waals surface area contributed by atoms with E-state index >= 15 is 0 Å². The molecular formula is C23H23N3O2. The molecule has 2 aromatic heterocycles. The van der Waals surface area contributed by atoms with Crippen molar-refractivity contribution in [2.45, 2.75) is 38.8 Å². The van der Waals surface area contributed by atoms with Crippen molar-refractivity contribution in [2.75, 3.05) is 0 Å². The van der Waals surface area contributed by atoms with E-state index < -0.39 is 0 Å². The number of nitrogens with one attached hydrogen (secondary N) is 1. The second kappa shape index (κ2) is 6.44. The van der Waals surface area contributed by atoms with Crippen LogP contribution < -0.4 is 5.69 Å². The number of aromatic amines is 1. The van der Waals surface area contributed by atoms with E-state index in [1.807, 2.05) is 42.5 Å². The first-order valence-electron chi connectivity index (χ1n) is 9.88. The van der Waals surface area contributed by atoms with Gasteiger partial charge < -0.3 is 10.1 Å². The third kappa shape index (κ3) is 2.35. The highest BCUT2D eigenvalue weighted by Gasteiger charge is 2.35. The molecule has 0 spiro atoms. The maximum absolute atomic E-state index is 13.3. The van der Waals surface area contributed by atoms with E-state index in [1.165, 1.54) is 4.57 Å². The summed E-state index contributed by atoms with van der Waals surface area (Å²) in [7, 11) is 0. The summed E-state index contributed by atoms with van der Waals surface area (Å²) in [6.07, 6.45) is 2.38. The van der Waals surface area contributed by atoms with E-state index in [9.17, 15) is 9.90 Å². The molecule has 3 heterocycles. The average Bonchev–Trinajstić information content (AvgIpc) is 3.21. The van der Waals surface area contributed by atoms with Gasteiger partial charge in [-0.05, 0) is 23.6 Å². The number of aromatic hydroxyl groups is 1. The van der Waals surface area contributed by atoms with Crippen molar-refractivity contribution >= 4 is 10.9 Å². The molecule has 28 heavy (non-hydrogen) atoms. The summed E-state index contributed by atoms with van der Waals surface area (Å²) in [5.74, 6) is 0.107. The van der Waals surface area contributed by atoms with E-state index in [0.29, 0.717) is 18.7 Å². The SMILES string of the molecule is CCCCn1c(O)c2n(c1=O)[C@H](c1ccccc1)c1[nH]c3ccccc3c1C2. The van der Waals surface area contributed by atoms with E-state index in [1.54, 1.807) is 4.57 Å². The van der Waals surface area contributed by atoms with Crippen LogP contribution in [-0.2, 0) is 13.0 Å². The predicted octanol–water partition coefficient (Wildman–Crippen LogP) is 4.18. The summed E-state index contributed by atoms with van der Waals surface area (Å²) in [4.78, 5) is 16.9. The maximum atomic E-state index is 13.3. The first kappa shape index (κ1) is 16.9. The van der Waals surface area contributed by atoms with Gasteiger partial charge in [0.05, 0.1) is 5.69 Å². The zero-order valence-corrected chi connectivity index (χ0v) is 15.9. The van der Waals surface area contributed by atoms with Gasteiger partial charge in [-0.25, -0.2) is 4.79 Å². The lowest BCUT2D eigenvalue weighted by Crippen LogP contribution is -2.32. The Hall–Kier alpha value is -3.21. The summed E-state index contributed by atoms with van der Waals surface area (Å²) in [5.41, 5.74) is 4.85. The topological polar surface area (TPSA) is 62.9 Å². The molecule has 0 bridgehead atoms. The van der Waals surface area contributed by atoms with Crippen LogP contribution in [0.5, 0.6) is 5.88 Å². The molecule has 1 atom stereocenters. The Bertz CT molecular complexity index is 1210. The molecule has 0 unspecified atom stereocenters. The molecule has 0 amide bonds. The third-order valence-electron chi connectivity index (χ3n) is 5.81. The lowest BCUT2D eigenvalue weighted by Gasteiger charge is -2.25. The van der Waals surface area contributed by atoms with Crippen LogP contribution in [0.1, 0.15) is 48.3 Å². The van der Waals surface area contributed by atoms with Gasteiger partial charge in [-0.1, -0.05) is 61.9 Å². The van der Waals surface area contributed by atoms with Gasteiger partial charge in [0.2, 0.25) is 5.88 Å². The summed E-state index contributed by atoms with van der Waals surface area (Å²) < 4.78 is 3.31. The minimum absolute atomic E-state index is 0.107. The molecule has 0 fully saturated rings. The Labute approximate surface area is 162 Å². The van der Waals surface area contributed by atoms with Crippen LogP contribution in [-0.4, -0.2) is 19.2 Å². The molecule has 5 rings (SSSR count). The number of benzene rings is 2. The first-order chi connectivity index (χ1) is 13.7. The van der Waals surface area contributed by atoms with Crippen LogP contribution in [0.4, 0.5) is 0 Å². The van der Waals surface area contributed by atoms with Crippen molar-refractivity contribution in [3.8, 4) is 5.88 Å². The van der Waals surface area contributed by atoms with Gasteiger partial charge in [0, 0.05) is 29.6 Å². The molecule has 0 radical (unpaired) electrons. The highest BCUT2D eigenvalue weighted by molar-refractivity contribution is 5.86. The third-order valence-corrected chi connectivity index (χ3v) is 5.81. The molecule has 5 nitrogen and oxygen atoms in total. The average molecular weight is 373 g/mol. The number of unbranched alkanes of at least 4 members (excludes halogenated alkanes) is 1. The Balaban J connectivity index is 1.80. The minimum atomic E-state index is -0.270. The standard InChI is InChI=1S/C23H23N3O2/c1-2-3-13-25-22(27)19-14-17-16-11-7-8-12-18(16)24-20(17)21(26(19)23(25)28)15-9-5-4-6-10-15/h4-12,21,24,27H,2-3,13-14H2,1H3/t21-/m1/s1. The van der Waals surface area contributed by atoms with Crippen molar-refractivity contribution in [3.05, 3.63) is 87.6 Å². The van der Waals surface area contributed by atoms with Crippen LogP contribution in [0.25, 0.3) is 10.9 Å². The van der Waals surface area contributed by atoms with Gasteiger partial charge in [0.15, 0.2) is 0 Å². The van der Waals surface area contributed by atoms with Crippen molar-refractivity contribution in [3.63, 3.8) is 0 Å². The summed E-state index contributed by atoms with van der Waals surface area (Å²) in [6.45, 7) is 2.62. The molecule has 0 saturated heterocycles. The Kier molecular flexibility index (Phi) is 3.90. The molecule has 2 N–H and O–H groups in total. The fourth-order valence-corrected chi connectivity index (χ4v) is 4.44. The zero-order valence-electron chi connectivity index (χ0n) is 15.9. The number of para-hydroxylation sites is 1. The Morgan fingerprint density at radius 1 is 1.11 bits per heavy atom. The number of H-pyrrole nitrogens is 1. The summed E-state index contributed by atoms with van der Waals surface area (Å²) in [5, 5.41) is 12.1. The normalized spacial score (nSPS) is 15.5. The molecule has 0 saturated carbocycles. The van der Waals surface area contributed by atoms with E-state index in [2.05, 4.69) is 24.0 Å². The molecule has 4 aromatic rings. The Morgan fingerprint density at radius 2 is 1.86 bits per heavy atom. The predicted molar refractivity (Wildman–Crippen MR) is 110 cm³/mol. The molecule has 0 aliphatic carbocycles. The van der Waals surface area contributed by atoms with Crippen molar-refractivity contribution < 1.29 is 5.11 Å². The molecular weight excluding hydrogens is 350 g/mol. The summed E-state index contributed by atoms with van der Waals surface area (Å²) >= 11 is 0. The quantitative estimate of drug-likeness (QED) is 0.496. The number of aromatic nitrogens is 3. The first-order valence-corrected chi connectivity index (χ1v) is 9.88. The van der Waals surface area contributed by atoms with Crippen LogP contribution in [0, 0.1) is 0 Å². The van der Waals surface area contributed by atoms with Crippen molar-refractivity contribution in [1.29, 1.82) is 0 Å². The highest BCUT2D eigenvalue weighted by Crippen LogP contribution is 2.40. The largest absolute Gasteiger partial charge is 0.493 e. The smallest absolute Gasteiger partial charge is 0.332 e. The van der Waals surface area contributed by atoms with E-state index in [0.717, 1.165) is 40.6 Å². The van der Waals surface area contributed by atoms with Gasteiger partial charge in [0.25, 0.3) is 0 Å². The van der Waals surface area contributed by atoms with E-state index in [-0.39, 0.29) is 17.6 Å². The number of nitrogens with zero attached hydrogens (tertiary/aromatic N) is 2. The molecule has 5 heteroatoms. The van der Waals surface area contributed by atoms with E-state index in [4.69, 9.17) is 0 Å². The Morgan fingerprint density at radius 3 is 2.64 bits per heavy atom. The molecule has 2 aromatic carbocycles. The van der Waals surface area contributed by atoms with Gasteiger partial charge in [-0.2, -0.15) is 0 Å². The van der Waals surface area contributed by atoms with Gasteiger partial charge >= 0.3 is 5.69 Å². The van der Waals surface area contributed by atoms with Gasteiger partial charge in [0.1, 0.15) is 6.04 Å². The van der Waals surface area contributed by atoms with Crippen LogP contribution in [0.2, 0.25) is 0 Å². The van der Waals surface area contributed by atoms with Crippen LogP contribution >= 0.6 is 0 Å². The highest BCUT2D eigenvalue weighted by atomic mass is 16.3. The monoisotopic (exact) mass is 373 g/mol. The van der Waals surface area contributed by atoms with Crippen LogP contribution in [0.3, 0.4) is 0 Å².